The number of nitrogens with zero attached hydrogens (tertiary/aromatic N) is 3. The summed E-state index contributed by atoms with van der Waals surface area (Å²) in [4.78, 5) is 0. The van der Waals surface area contributed by atoms with Crippen LogP contribution in [0.4, 0.5) is 0 Å². The van der Waals surface area contributed by atoms with Crippen LogP contribution in [0.2, 0.25) is 5.67 Å². The third kappa shape index (κ3) is 3.53. The predicted molar refractivity (Wildman–Crippen MR) is 79.6 cm³/mol. The smallest absolute Gasteiger partial charge is 0.285 e. The van der Waals surface area contributed by atoms with Gasteiger partial charge in [-0.05, 0) is 61.8 Å². The highest BCUT2D eigenvalue weighted by Gasteiger charge is 2.41. The molecule has 0 aliphatic rings. The third-order valence-corrected chi connectivity index (χ3v) is 12.7. The van der Waals surface area contributed by atoms with Gasteiger partial charge in [0, 0.05) is 0 Å². The first-order valence-corrected chi connectivity index (χ1v) is 9.68. The zero-order valence-electron chi connectivity index (χ0n) is 12.3. The highest BCUT2D eigenvalue weighted by atomic mass is 28.4. The molecule has 0 rings (SSSR count). The van der Waals surface area contributed by atoms with Gasteiger partial charge in [-0.2, -0.15) is 0 Å². The van der Waals surface area contributed by atoms with Crippen molar-refractivity contribution in [2.45, 2.75) is 19.5 Å². The van der Waals surface area contributed by atoms with E-state index in [9.17, 15) is 0 Å². The van der Waals surface area contributed by atoms with E-state index in [1.807, 2.05) is 0 Å². The van der Waals surface area contributed by atoms with Crippen molar-refractivity contribution < 1.29 is 0 Å². The Kier molecular flexibility index (Phi) is 6.73. The van der Waals surface area contributed by atoms with Crippen LogP contribution >= 0.6 is 0 Å². The molecule has 96 valence electrons. The van der Waals surface area contributed by atoms with Gasteiger partial charge in [-0.15, -0.1) is 0 Å². The first-order valence-electron chi connectivity index (χ1n) is 5.93. The van der Waals surface area contributed by atoms with Crippen molar-refractivity contribution in [1.29, 1.82) is 0 Å². The van der Waals surface area contributed by atoms with Crippen molar-refractivity contribution in [2.24, 2.45) is 0 Å². The largest absolute Gasteiger partial charge is 0.305 e. The summed E-state index contributed by atoms with van der Waals surface area (Å²) in [6.07, 6.45) is 2.28. The average Bonchev–Trinajstić information content (AvgIpc) is 2.16. The molecule has 0 aromatic rings. The van der Waals surface area contributed by atoms with Gasteiger partial charge in [-0.3, -0.25) is 0 Å². The maximum Gasteiger partial charge on any atom is 0.285 e. The van der Waals surface area contributed by atoms with E-state index in [0.717, 1.165) is 0 Å². The Labute approximate surface area is 105 Å². The van der Waals surface area contributed by atoms with E-state index in [1.54, 1.807) is 5.20 Å². The highest BCUT2D eigenvalue weighted by molar-refractivity contribution is 6.80. The van der Waals surface area contributed by atoms with Crippen molar-refractivity contribution in [1.82, 2.24) is 13.7 Å². The van der Waals surface area contributed by atoms with E-state index >= 15 is 0 Å². The summed E-state index contributed by atoms with van der Waals surface area (Å²) in [6.45, 7) is 4.44. The van der Waals surface area contributed by atoms with Gasteiger partial charge < -0.3 is 13.7 Å². The minimum Gasteiger partial charge on any atom is -0.305 e. The lowest BCUT2D eigenvalue weighted by molar-refractivity contribution is 0.384. The normalized spacial score (nSPS) is 15.1. The minimum absolute atomic E-state index is 0.0990. The fourth-order valence-corrected chi connectivity index (χ4v) is 13.4. The number of allylic oxidation sites excluding steroid dienone is 2. The molecule has 0 bridgehead atoms. The summed E-state index contributed by atoms with van der Waals surface area (Å²) in [5.41, 5.74) is 1.39. The lowest BCUT2D eigenvalue weighted by atomic mass is 10.6. The summed E-state index contributed by atoms with van der Waals surface area (Å²) >= 11 is 0. The Bertz CT molecular complexity index is 216. The predicted octanol–water partition coefficient (Wildman–Crippen LogP) is 0.660. The first-order chi connectivity index (χ1) is 7.28. The first kappa shape index (κ1) is 16.1. The van der Waals surface area contributed by atoms with Crippen LogP contribution in [0.15, 0.2) is 11.3 Å². The van der Waals surface area contributed by atoms with Crippen molar-refractivity contribution >= 4 is 18.1 Å². The summed E-state index contributed by atoms with van der Waals surface area (Å²) in [7, 11) is 11.7. The lowest BCUT2D eigenvalue weighted by Gasteiger charge is -2.46. The second-order valence-electron chi connectivity index (χ2n) is 5.09. The molecular weight excluding hydrogens is 230 g/mol. The van der Waals surface area contributed by atoms with Crippen molar-refractivity contribution in [3.05, 3.63) is 11.3 Å². The zero-order valence-corrected chi connectivity index (χ0v) is 14.7. The standard InChI is InChI=1S/C11H29N3Si2/c1-9-11(2)15-10-16(12(3)4,13(5)6)14(7)8/h9H,10,15H2,1-8H3. The summed E-state index contributed by atoms with van der Waals surface area (Å²) in [5.74, 6) is 0. The molecule has 0 aromatic carbocycles. The van der Waals surface area contributed by atoms with Gasteiger partial charge >= 0.3 is 0 Å². The fourth-order valence-electron chi connectivity index (χ4n) is 2.38. The van der Waals surface area contributed by atoms with Gasteiger partial charge in [-0.1, -0.05) is 11.3 Å². The van der Waals surface area contributed by atoms with Crippen LogP contribution in [-0.4, -0.2) is 74.1 Å². The Balaban J connectivity index is 4.91. The van der Waals surface area contributed by atoms with Crippen molar-refractivity contribution in [3.8, 4) is 0 Å². The second-order valence-corrected chi connectivity index (χ2v) is 12.9. The maximum atomic E-state index is 2.46. The number of hydrogen-bond acceptors (Lipinski definition) is 3. The van der Waals surface area contributed by atoms with Crippen molar-refractivity contribution in [2.75, 3.05) is 42.3 Å². The third-order valence-electron chi connectivity index (χ3n) is 3.50. The quantitative estimate of drug-likeness (QED) is 0.649. The number of hydrogen-bond donors (Lipinski definition) is 0. The fraction of sp³-hybridized carbons (Fsp3) is 0.818. The van der Waals surface area contributed by atoms with Crippen molar-refractivity contribution in [3.63, 3.8) is 0 Å². The summed E-state index contributed by atoms with van der Waals surface area (Å²) in [6, 6.07) is 0. The average molecular weight is 260 g/mol. The Morgan fingerprint density at radius 3 is 1.62 bits per heavy atom. The molecule has 0 aromatic heterocycles. The topological polar surface area (TPSA) is 9.72 Å². The summed E-state index contributed by atoms with van der Waals surface area (Å²) in [5, 5.41) is 1.63. The van der Waals surface area contributed by atoms with E-state index < -0.39 is 8.56 Å². The SMILES string of the molecule is CC=C(C)[SiH2]C[Si](N(C)C)(N(C)C)N(C)C. The van der Waals surface area contributed by atoms with Gasteiger partial charge in [0.1, 0.15) is 0 Å². The van der Waals surface area contributed by atoms with E-state index in [0.29, 0.717) is 0 Å². The molecule has 5 heteroatoms. The van der Waals surface area contributed by atoms with Gasteiger partial charge in [-0.25, -0.2) is 0 Å². The lowest BCUT2D eigenvalue weighted by Crippen LogP contribution is -2.70. The van der Waals surface area contributed by atoms with E-state index in [2.05, 4.69) is 75.9 Å². The number of rotatable bonds is 6. The van der Waals surface area contributed by atoms with Crippen LogP contribution in [0.1, 0.15) is 13.8 Å². The van der Waals surface area contributed by atoms with E-state index in [1.165, 1.54) is 5.67 Å². The Hall–Kier alpha value is 0.0538. The minimum atomic E-state index is -1.59. The van der Waals surface area contributed by atoms with Crippen LogP contribution < -0.4 is 0 Å². The van der Waals surface area contributed by atoms with Gasteiger partial charge in [0.2, 0.25) is 0 Å². The van der Waals surface area contributed by atoms with Gasteiger partial charge in [0.15, 0.2) is 0 Å². The van der Waals surface area contributed by atoms with Gasteiger partial charge in [0.25, 0.3) is 8.56 Å². The zero-order chi connectivity index (χ0) is 12.9. The molecule has 0 unspecified atom stereocenters. The molecule has 0 N–H and O–H groups in total. The molecule has 3 nitrogen and oxygen atoms in total. The molecule has 16 heavy (non-hydrogen) atoms. The molecule has 0 saturated heterocycles. The molecule has 0 heterocycles. The maximum absolute atomic E-state index is 2.46. The highest BCUT2D eigenvalue weighted by Crippen LogP contribution is 2.18. The molecule has 0 saturated carbocycles. The van der Waals surface area contributed by atoms with E-state index in [-0.39, 0.29) is 9.52 Å². The molecule has 0 atom stereocenters. The molecule has 0 aliphatic carbocycles. The van der Waals surface area contributed by atoms with Gasteiger partial charge in [0.05, 0.1) is 9.52 Å². The molecule has 0 amide bonds. The van der Waals surface area contributed by atoms with Crippen LogP contribution in [0.3, 0.4) is 0 Å². The molecule has 0 aliphatic heterocycles. The monoisotopic (exact) mass is 259 g/mol. The van der Waals surface area contributed by atoms with E-state index in [4.69, 9.17) is 0 Å². The summed E-state index contributed by atoms with van der Waals surface area (Å²) < 4.78 is 7.38. The second kappa shape index (κ2) is 6.71. The van der Waals surface area contributed by atoms with Crippen LogP contribution in [0.5, 0.6) is 0 Å². The molecule has 0 fully saturated rings. The van der Waals surface area contributed by atoms with Crippen LogP contribution in [-0.2, 0) is 0 Å². The molecule has 0 spiro atoms. The Morgan fingerprint density at radius 1 is 1.00 bits per heavy atom. The molecular formula is C11H29N3Si2. The molecule has 0 radical (unpaired) electrons. The van der Waals surface area contributed by atoms with Crippen LogP contribution in [0.25, 0.3) is 0 Å². The Morgan fingerprint density at radius 2 is 1.38 bits per heavy atom. The van der Waals surface area contributed by atoms with Crippen LogP contribution in [0, 0.1) is 0 Å².